The van der Waals surface area contributed by atoms with Crippen LogP contribution < -0.4 is 15.4 Å². The lowest BCUT2D eigenvalue weighted by atomic mass is 10.1. The summed E-state index contributed by atoms with van der Waals surface area (Å²) in [5.74, 6) is 0.913. The van der Waals surface area contributed by atoms with E-state index in [1.54, 1.807) is 7.11 Å². The number of hydrogen-bond donors (Lipinski definition) is 2. The fraction of sp³-hybridized carbons (Fsp3) is 0.500. The van der Waals surface area contributed by atoms with Gasteiger partial charge in [-0.1, -0.05) is 12.1 Å². The highest BCUT2D eigenvalue weighted by atomic mass is 16.5. The fourth-order valence-corrected chi connectivity index (χ4v) is 1.78. The molecular weight excluding hydrogens is 228 g/mol. The van der Waals surface area contributed by atoms with E-state index in [1.807, 2.05) is 31.2 Å². The van der Waals surface area contributed by atoms with E-state index in [9.17, 15) is 4.79 Å². The Morgan fingerprint density at radius 1 is 1.50 bits per heavy atom. The van der Waals surface area contributed by atoms with Gasteiger partial charge in [-0.15, -0.1) is 0 Å². The van der Waals surface area contributed by atoms with E-state index in [4.69, 9.17) is 4.74 Å². The summed E-state index contributed by atoms with van der Waals surface area (Å²) >= 11 is 0. The number of amides is 1. The van der Waals surface area contributed by atoms with Crippen LogP contribution in [0.3, 0.4) is 0 Å². The van der Waals surface area contributed by atoms with Crippen LogP contribution in [0.2, 0.25) is 0 Å². The second-order valence-electron chi connectivity index (χ2n) is 4.72. The first-order chi connectivity index (χ1) is 8.69. The molecule has 0 saturated heterocycles. The normalized spacial score (nSPS) is 16.1. The number of benzene rings is 1. The minimum absolute atomic E-state index is 0.0762. The van der Waals surface area contributed by atoms with Crippen LogP contribution in [0.5, 0.6) is 5.75 Å². The molecule has 1 unspecified atom stereocenters. The molecular formula is C14H20N2O2. The second kappa shape index (κ2) is 5.87. The van der Waals surface area contributed by atoms with Crippen molar-refractivity contribution in [2.45, 2.75) is 31.8 Å². The third-order valence-corrected chi connectivity index (χ3v) is 3.11. The molecule has 0 bridgehead atoms. The highest BCUT2D eigenvalue weighted by Gasteiger charge is 2.23. The summed E-state index contributed by atoms with van der Waals surface area (Å²) in [6.45, 7) is 2.40. The molecule has 0 heterocycles. The number of hydrogen-bond acceptors (Lipinski definition) is 3. The molecule has 2 rings (SSSR count). The van der Waals surface area contributed by atoms with Crippen molar-refractivity contribution in [3.05, 3.63) is 29.8 Å². The molecule has 1 amide bonds. The maximum Gasteiger partial charge on any atom is 0.234 e. The van der Waals surface area contributed by atoms with E-state index in [2.05, 4.69) is 10.6 Å². The van der Waals surface area contributed by atoms with Gasteiger partial charge in [0, 0.05) is 12.1 Å². The summed E-state index contributed by atoms with van der Waals surface area (Å²) in [6.07, 6.45) is 2.24. The largest absolute Gasteiger partial charge is 0.497 e. The summed E-state index contributed by atoms with van der Waals surface area (Å²) in [5.41, 5.74) is 1.12. The van der Waals surface area contributed by atoms with Gasteiger partial charge in [0.2, 0.25) is 5.91 Å². The monoisotopic (exact) mass is 248 g/mol. The molecule has 18 heavy (non-hydrogen) atoms. The van der Waals surface area contributed by atoms with E-state index in [0.29, 0.717) is 12.6 Å². The third-order valence-electron chi connectivity index (χ3n) is 3.11. The fourth-order valence-electron chi connectivity index (χ4n) is 1.78. The van der Waals surface area contributed by atoms with Gasteiger partial charge in [0.05, 0.1) is 13.7 Å². The third kappa shape index (κ3) is 3.74. The molecule has 0 spiro atoms. The van der Waals surface area contributed by atoms with Crippen LogP contribution in [0, 0.1) is 0 Å². The molecule has 1 saturated carbocycles. The van der Waals surface area contributed by atoms with Crippen LogP contribution in [0.1, 0.15) is 31.4 Å². The van der Waals surface area contributed by atoms with Gasteiger partial charge in [-0.2, -0.15) is 0 Å². The molecule has 1 aromatic rings. The number of carbonyl (C=O) groups excluding carboxylic acids is 1. The lowest BCUT2D eigenvalue weighted by molar-refractivity contribution is -0.120. The molecule has 0 aliphatic heterocycles. The molecule has 98 valence electrons. The van der Waals surface area contributed by atoms with Gasteiger partial charge in [-0.25, -0.2) is 0 Å². The zero-order chi connectivity index (χ0) is 13.0. The molecule has 1 aromatic carbocycles. The van der Waals surface area contributed by atoms with Crippen LogP contribution in [-0.2, 0) is 4.79 Å². The topological polar surface area (TPSA) is 50.4 Å². The first-order valence-electron chi connectivity index (χ1n) is 6.35. The number of nitrogens with one attached hydrogen (secondary N) is 2. The van der Waals surface area contributed by atoms with Crippen molar-refractivity contribution in [3.8, 4) is 5.75 Å². The van der Waals surface area contributed by atoms with Gasteiger partial charge in [0.1, 0.15) is 5.75 Å². The molecule has 1 fully saturated rings. The summed E-state index contributed by atoms with van der Waals surface area (Å²) in [5, 5.41) is 6.17. The van der Waals surface area contributed by atoms with Crippen molar-refractivity contribution in [2.24, 2.45) is 0 Å². The van der Waals surface area contributed by atoms with Crippen molar-refractivity contribution in [2.75, 3.05) is 13.7 Å². The molecule has 2 N–H and O–H groups in total. The zero-order valence-corrected chi connectivity index (χ0v) is 10.9. The van der Waals surface area contributed by atoms with E-state index >= 15 is 0 Å². The Labute approximate surface area is 108 Å². The Morgan fingerprint density at radius 2 is 2.28 bits per heavy atom. The van der Waals surface area contributed by atoms with Crippen LogP contribution in [-0.4, -0.2) is 25.6 Å². The van der Waals surface area contributed by atoms with Crippen LogP contribution >= 0.6 is 0 Å². The number of carbonyl (C=O) groups is 1. The standard InChI is InChI=1S/C14H20N2O2/c1-10(11-4-3-5-13(8-11)18-2)15-9-14(17)16-12-6-7-12/h3-5,8,10,12,15H,6-7,9H2,1-2H3,(H,16,17). The molecule has 1 atom stereocenters. The van der Waals surface area contributed by atoms with Crippen molar-refractivity contribution < 1.29 is 9.53 Å². The molecule has 4 nitrogen and oxygen atoms in total. The van der Waals surface area contributed by atoms with Gasteiger partial charge in [0.15, 0.2) is 0 Å². The lowest BCUT2D eigenvalue weighted by Gasteiger charge is -2.14. The Bertz CT molecular complexity index is 416. The minimum Gasteiger partial charge on any atom is -0.497 e. The van der Waals surface area contributed by atoms with Crippen molar-refractivity contribution in [1.82, 2.24) is 10.6 Å². The number of ether oxygens (including phenoxy) is 1. The Kier molecular flexibility index (Phi) is 4.20. The van der Waals surface area contributed by atoms with Gasteiger partial charge >= 0.3 is 0 Å². The first-order valence-corrected chi connectivity index (χ1v) is 6.35. The van der Waals surface area contributed by atoms with Crippen LogP contribution in [0.25, 0.3) is 0 Å². The molecule has 0 aromatic heterocycles. The number of methoxy groups -OCH3 is 1. The van der Waals surface area contributed by atoms with Crippen LogP contribution in [0.15, 0.2) is 24.3 Å². The van der Waals surface area contributed by atoms with E-state index in [-0.39, 0.29) is 11.9 Å². The SMILES string of the molecule is COc1cccc(C(C)NCC(=O)NC2CC2)c1. The summed E-state index contributed by atoms with van der Waals surface area (Å²) in [4.78, 5) is 11.6. The van der Waals surface area contributed by atoms with E-state index < -0.39 is 0 Å². The van der Waals surface area contributed by atoms with Gasteiger partial charge in [-0.3, -0.25) is 4.79 Å². The smallest absolute Gasteiger partial charge is 0.234 e. The van der Waals surface area contributed by atoms with Crippen LogP contribution in [0.4, 0.5) is 0 Å². The summed E-state index contributed by atoms with van der Waals surface area (Å²) in [7, 11) is 1.65. The molecule has 4 heteroatoms. The second-order valence-corrected chi connectivity index (χ2v) is 4.72. The average Bonchev–Trinajstić information content (AvgIpc) is 3.20. The first kappa shape index (κ1) is 12.9. The molecule has 1 aliphatic carbocycles. The lowest BCUT2D eigenvalue weighted by Crippen LogP contribution is -2.36. The average molecular weight is 248 g/mol. The Hall–Kier alpha value is -1.55. The van der Waals surface area contributed by atoms with E-state index in [1.165, 1.54) is 0 Å². The highest BCUT2D eigenvalue weighted by molar-refractivity contribution is 5.78. The maximum absolute atomic E-state index is 11.6. The molecule has 0 radical (unpaired) electrons. The quantitative estimate of drug-likeness (QED) is 0.804. The predicted molar refractivity (Wildman–Crippen MR) is 70.6 cm³/mol. The van der Waals surface area contributed by atoms with E-state index in [0.717, 1.165) is 24.2 Å². The summed E-state index contributed by atoms with van der Waals surface area (Å²) in [6, 6.07) is 8.43. The van der Waals surface area contributed by atoms with Crippen molar-refractivity contribution in [1.29, 1.82) is 0 Å². The van der Waals surface area contributed by atoms with Crippen molar-refractivity contribution >= 4 is 5.91 Å². The summed E-state index contributed by atoms with van der Waals surface area (Å²) < 4.78 is 5.18. The zero-order valence-electron chi connectivity index (χ0n) is 10.9. The minimum atomic E-state index is 0.0762. The predicted octanol–water partition coefficient (Wildman–Crippen LogP) is 1.62. The van der Waals surface area contributed by atoms with Gasteiger partial charge < -0.3 is 15.4 Å². The Morgan fingerprint density at radius 3 is 2.94 bits per heavy atom. The van der Waals surface area contributed by atoms with Crippen molar-refractivity contribution in [3.63, 3.8) is 0 Å². The Balaban J connectivity index is 1.82. The molecule has 1 aliphatic rings. The number of rotatable bonds is 6. The van der Waals surface area contributed by atoms with Gasteiger partial charge in [-0.05, 0) is 37.5 Å². The maximum atomic E-state index is 11.6. The van der Waals surface area contributed by atoms with Gasteiger partial charge in [0.25, 0.3) is 0 Å². The highest BCUT2D eigenvalue weighted by Crippen LogP contribution is 2.19.